The number of carbonyl (C=O) groups is 1. The van der Waals surface area contributed by atoms with Crippen molar-refractivity contribution in [3.8, 4) is 0 Å². The summed E-state index contributed by atoms with van der Waals surface area (Å²) < 4.78 is 1.63. The number of hydrogen-bond acceptors (Lipinski definition) is 2. The van der Waals surface area contributed by atoms with Crippen molar-refractivity contribution in [1.82, 2.24) is 14.9 Å². The first-order chi connectivity index (χ1) is 11.6. The molecule has 0 spiro atoms. The van der Waals surface area contributed by atoms with Crippen LogP contribution < -0.4 is 11.0 Å². The minimum Gasteiger partial charge on any atom is -0.351 e. The maximum atomic E-state index is 12.0. The SMILES string of the molecule is C/C(=C\C(=O)NCCn1c(=O)[nH]c2ccccc21)c1ccccc1. The lowest BCUT2D eigenvalue weighted by molar-refractivity contribution is -0.116. The van der Waals surface area contributed by atoms with Gasteiger partial charge in [-0.3, -0.25) is 9.36 Å². The number of aromatic nitrogens is 2. The quantitative estimate of drug-likeness (QED) is 0.709. The Kier molecular flexibility index (Phi) is 4.61. The summed E-state index contributed by atoms with van der Waals surface area (Å²) >= 11 is 0. The van der Waals surface area contributed by atoms with Gasteiger partial charge in [0.15, 0.2) is 0 Å². The summed E-state index contributed by atoms with van der Waals surface area (Å²) in [5.74, 6) is -0.163. The third kappa shape index (κ3) is 3.46. The summed E-state index contributed by atoms with van der Waals surface area (Å²) in [4.78, 5) is 26.8. The van der Waals surface area contributed by atoms with Crippen molar-refractivity contribution in [2.75, 3.05) is 6.54 Å². The number of rotatable bonds is 5. The number of carbonyl (C=O) groups excluding carboxylic acids is 1. The van der Waals surface area contributed by atoms with Crippen LogP contribution in [0.3, 0.4) is 0 Å². The highest BCUT2D eigenvalue weighted by Gasteiger charge is 2.06. The van der Waals surface area contributed by atoms with Gasteiger partial charge in [-0.25, -0.2) is 4.79 Å². The number of imidazole rings is 1. The lowest BCUT2D eigenvalue weighted by Gasteiger charge is -2.05. The fraction of sp³-hybridized carbons (Fsp3) is 0.158. The molecule has 2 N–H and O–H groups in total. The number of nitrogens with one attached hydrogen (secondary N) is 2. The molecule has 0 unspecified atom stereocenters. The van der Waals surface area contributed by atoms with Crippen LogP contribution in [0.15, 0.2) is 65.5 Å². The molecule has 1 aromatic heterocycles. The van der Waals surface area contributed by atoms with Crippen LogP contribution in [0.25, 0.3) is 16.6 Å². The molecule has 24 heavy (non-hydrogen) atoms. The van der Waals surface area contributed by atoms with Crippen LogP contribution >= 0.6 is 0 Å². The van der Waals surface area contributed by atoms with Crippen molar-refractivity contribution in [3.63, 3.8) is 0 Å². The number of amides is 1. The second-order valence-electron chi connectivity index (χ2n) is 5.58. The van der Waals surface area contributed by atoms with Crippen LogP contribution in [-0.2, 0) is 11.3 Å². The van der Waals surface area contributed by atoms with Gasteiger partial charge in [-0.15, -0.1) is 0 Å². The Labute approximate surface area is 139 Å². The molecule has 0 fully saturated rings. The van der Waals surface area contributed by atoms with Crippen molar-refractivity contribution in [2.24, 2.45) is 0 Å². The van der Waals surface area contributed by atoms with E-state index < -0.39 is 0 Å². The molecule has 0 atom stereocenters. The molecule has 0 aliphatic carbocycles. The number of hydrogen-bond donors (Lipinski definition) is 2. The fourth-order valence-corrected chi connectivity index (χ4v) is 2.65. The highest BCUT2D eigenvalue weighted by Crippen LogP contribution is 2.12. The molecule has 0 saturated heterocycles. The number of benzene rings is 2. The minimum absolute atomic E-state index is 0.163. The monoisotopic (exact) mass is 321 g/mol. The van der Waals surface area contributed by atoms with E-state index in [1.165, 1.54) is 0 Å². The van der Waals surface area contributed by atoms with Crippen LogP contribution in [0.4, 0.5) is 0 Å². The van der Waals surface area contributed by atoms with E-state index in [4.69, 9.17) is 0 Å². The number of para-hydroxylation sites is 2. The average Bonchev–Trinajstić information content (AvgIpc) is 2.91. The molecule has 0 bridgehead atoms. The molecule has 3 aromatic rings. The van der Waals surface area contributed by atoms with Gasteiger partial charge in [-0.2, -0.15) is 0 Å². The highest BCUT2D eigenvalue weighted by atomic mass is 16.2. The van der Waals surface area contributed by atoms with Gasteiger partial charge in [0.1, 0.15) is 0 Å². The second-order valence-corrected chi connectivity index (χ2v) is 5.58. The van der Waals surface area contributed by atoms with Crippen molar-refractivity contribution < 1.29 is 4.79 Å². The van der Waals surface area contributed by atoms with Crippen LogP contribution in [-0.4, -0.2) is 22.0 Å². The Balaban J connectivity index is 1.63. The van der Waals surface area contributed by atoms with Gasteiger partial charge >= 0.3 is 5.69 Å². The third-order valence-corrected chi connectivity index (χ3v) is 3.89. The number of allylic oxidation sites excluding steroid dienone is 1. The predicted octanol–water partition coefficient (Wildman–Crippen LogP) is 2.55. The van der Waals surface area contributed by atoms with Gasteiger partial charge in [-0.05, 0) is 30.2 Å². The van der Waals surface area contributed by atoms with E-state index in [2.05, 4.69) is 10.3 Å². The number of fused-ring (bicyclic) bond motifs is 1. The van der Waals surface area contributed by atoms with Gasteiger partial charge in [-0.1, -0.05) is 42.5 Å². The van der Waals surface area contributed by atoms with Crippen molar-refractivity contribution >= 4 is 22.5 Å². The standard InChI is InChI=1S/C19H19N3O2/c1-14(15-7-3-2-4-8-15)13-18(23)20-11-12-22-17-10-6-5-9-16(17)21-19(22)24/h2-10,13H,11-12H2,1H3,(H,20,23)(H,21,24)/b14-13+. The van der Waals surface area contributed by atoms with Crippen molar-refractivity contribution in [2.45, 2.75) is 13.5 Å². The minimum atomic E-state index is -0.165. The summed E-state index contributed by atoms with van der Waals surface area (Å²) in [6.07, 6.45) is 1.58. The molecule has 2 aromatic carbocycles. The topological polar surface area (TPSA) is 66.9 Å². The molecule has 0 radical (unpaired) electrons. The zero-order chi connectivity index (χ0) is 16.9. The summed E-state index contributed by atoms with van der Waals surface area (Å²) in [6, 6.07) is 17.2. The van der Waals surface area contributed by atoms with Crippen LogP contribution in [0.1, 0.15) is 12.5 Å². The molecule has 0 aliphatic rings. The molecule has 5 heteroatoms. The van der Waals surface area contributed by atoms with Crippen molar-refractivity contribution in [1.29, 1.82) is 0 Å². The molecular formula is C19H19N3O2. The molecule has 5 nitrogen and oxygen atoms in total. The summed E-state index contributed by atoms with van der Waals surface area (Å²) in [6.45, 7) is 2.71. The lowest BCUT2D eigenvalue weighted by Crippen LogP contribution is -2.29. The van der Waals surface area contributed by atoms with Crippen LogP contribution in [0.2, 0.25) is 0 Å². The van der Waals surface area contributed by atoms with Gasteiger partial charge in [0.05, 0.1) is 11.0 Å². The van der Waals surface area contributed by atoms with E-state index in [0.29, 0.717) is 13.1 Å². The Bertz CT molecular complexity index is 936. The molecule has 0 aliphatic heterocycles. The maximum absolute atomic E-state index is 12.0. The Morgan fingerprint density at radius 3 is 2.62 bits per heavy atom. The highest BCUT2D eigenvalue weighted by molar-refractivity contribution is 5.94. The molecule has 122 valence electrons. The van der Waals surface area contributed by atoms with Gasteiger partial charge < -0.3 is 10.3 Å². The number of H-pyrrole nitrogens is 1. The predicted molar refractivity (Wildman–Crippen MR) is 95.7 cm³/mol. The molecule has 1 amide bonds. The second kappa shape index (κ2) is 7.00. The van der Waals surface area contributed by atoms with Crippen molar-refractivity contribution in [3.05, 3.63) is 76.7 Å². The zero-order valence-electron chi connectivity index (χ0n) is 13.5. The van der Waals surface area contributed by atoms with E-state index in [9.17, 15) is 9.59 Å². The zero-order valence-corrected chi connectivity index (χ0v) is 13.5. The molecule has 0 saturated carbocycles. The molecular weight excluding hydrogens is 302 g/mol. The van der Waals surface area contributed by atoms with E-state index >= 15 is 0 Å². The summed E-state index contributed by atoms with van der Waals surface area (Å²) in [7, 11) is 0. The van der Waals surface area contributed by atoms with E-state index in [1.807, 2.05) is 61.5 Å². The fourth-order valence-electron chi connectivity index (χ4n) is 2.65. The summed E-state index contributed by atoms with van der Waals surface area (Å²) in [5.41, 5.74) is 3.39. The van der Waals surface area contributed by atoms with E-state index in [-0.39, 0.29) is 11.6 Å². The smallest absolute Gasteiger partial charge is 0.326 e. The third-order valence-electron chi connectivity index (χ3n) is 3.89. The van der Waals surface area contributed by atoms with Gasteiger partial charge in [0.25, 0.3) is 0 Å². The normalized spacial score (nSPS) is 11.6. The number of nitrogens with zero attached hydrogens (tertiary/aromatic N) is 1. The summed E-state index contributed by atoms with van der Waals surface area (Å²) in [5, 5.41) is 2.82. The van der Waals surface area contributed by atoms with Crippen LogP contribution in [0.5, 0.6) is 0 Å². The number of aromatic amines is 1. The lowest BCUT2D eigenvalue weighted by atomic mass is 10.1. The van der Waals surface area contributed by atoms with Gasteiger partial charge in [0.2, 0.25) is 5.91 Å². The van der Waals surface area contributed by atoms with E-state index in [0.717, 1.165) is 22.2 Å². The van der Waals surface area contributed by atoms with Crippen LogP contribution in [0, 0.1) is 0 Å². The maximum Gasteiger partial charge on any atom is 0.326 e. The Morgan fingerprint density at radius 2 is 1.83 bits per heavy atom. The first-order valence-electron chi connectivity index (χ1n) is 7.84. The molecule has 1 heterocycles. The Hall–Kier alpha value is -3.08. The average molecular weight is 321 g/mol. The first-order valence-corrected chi connectivity index (χ1v) is 7.84. The molecule has 3 rings (SSSR count). The van der Waals surface area contributed by atoms with Gasteiger partial charge in [0, 0.05) is 19.2 Å². The van der Waals surface area contributed by atoms with E-state index in [1.54, 1.807) is 10.6 Å². The first kappa shape index (κ1) is 15.8. The largest absolute Gasteiger partial charge is 0.351 e. The Morgan fingerprint density at radius 1 is 1.12 bits per heavy atom.